The first-order valence-electron chi connectivity index (χ1n) is 6.08. The molecule has 0 bridgehead atoms. The van der Waals surface area contributed by atoms with E-state index in [-0.39, 0.29) is 12.1 Å². The predicted molar refractivity (Wildman–Crippen MR) is 67.7 cm³/mol. The minimum Gasteiger partial charge on any atom is -0.459 e. The first-order chi connectivity index (χ1) is 8.20. The molecule has 1 aliphatic rings. The summed E-state index contributed by atoms with van der Waals surface area (Å²) in [4.78, 5) is 13.8. The molecule has 0 N–H and O–H groups in total. The second-order valence-corrected chi connectivity index (χ2v) is 5.44. The Kier molecular flexibility index (Phi) is 4.18. The molecule has 0 spiro atoms. The summed E-state index contributed by atoms with van der Waals surface area (Å²) in [6.07, 6.45) is 3.14. The van der Waals surface area contributed by atoms with Gasteiger partial charge in [0.15, 0.2) is 0 Å². The summed E-state index contributed by atoms with van der Waals surface area (Å²) < 4.78 is 10.7. The van der Waals surface area contributed by atoms with E-state index in [4.69, 9.17) is 9.47 Å². The minimum absolute atomic E-state index is 0.102. The summed E-state index contributed by atoms with van der Waals surface area (Å²) in [7, 11) is 0. The molecule has 0 amide bonds. The number of carbonyl (C=O) groups excluding carboxylic acids is 1. The molecule has 94 valence electrons. The third kappa shape index (κ3) is 3.07. The molecule has 0 saturated carbocycles. The number of hydrogen-bond donors (Lipinski definition) is 0. The monoisotopic (exact) mass is 254 g/mol. The number of ether oxygens (including phenoxy) is 2. The zero-order valence-electron chi connectivity index (χ0n) is 10.3. The van der Waals surface area contributed by atoms with Crippen LogP contribution in [0.4, 0.5) is 0 Å². The first kappa shape index (κ1) is 12.6. The lowest BCUT2D eigenvalue weighted by molar-refractivity contribution is 0.0165. The van der Waals surface area contributed by atoms with E-state index in [1.54, 1.807) is 0 Å². The van der Waals surface area contributed by atoms with Crippen molar-refractivity contribution in [1.82, 2.24) is 0 Å². The van der Waals surface area contributed by atoms with Crippen molar-refractivity contribution in [2.75, 3.05) is 13.2 Å². The molecule has 1 atom stereocenters. The molecule has 0 aromatic carbocycles. The van der Waals surface area contributed by atoms with Crippen LogP contribution in [-0.4, -0.2) is 25.3 Å². The van der Waals surface area contributed by atoms with E-state index in [0.29, 0.717) is 11.5 Å². The van der Waals surface area contributed by atoms with Crippen molar-refractivity contribution >= 4 is 17.3 Å². The standard InChI is InChI=1S/C13H18O3S/c1-3-11-9(2)7-12(17-11)13(14)16-8-10-5-4-6-15-10/h7,10H,3-6,8H2,1-2H3. The van der Waals surface area contributed by atoms with Gasteiger partial charge in [0.1, 0.15) is 11.5 Å². The summed E-state index contributed by atoms with van der Waals surface area (Å²) >= 11 is 1.53. The molecule has 0 aliphatic carbocycles. The van der Waals surface area contributed by atoms with Crippen molar-refractivity contribution in [2.45, 2.75) is 39.2 Å². The van der Waals surface area contributed by atoms with Gasteiger partial charge in [-0.2, -0.15) is 0 Å². The molecule has 1 aromatic heterocycles. The highest BCUT2D eigenvalue weighted by molar-refractivity contribution is 7.14. The number of esters is 1. The fourth-order valence-electron chi connectivity index (χ4n) is 1.99. The topological polar surface area (TPSA) is 35.5 Å². The SMILES string of the molecule is CCc1sc(C(=O)OCC2CCCO2)cc1C. The van der Waals surface area contributed by atoms with Crippen LogP contribution in [0.2, 0.25) is 0 Å². The van der Waals surface area contributed by atoms with Crippen LogP contribution in [0.1, 0.15) is 39.9 Å². The Morgan fingerprint density at radius 2 is 2.47 bits per heavy atom. The van der Waals surface area contributed by atoms with Gasteiger partial charge >= 0.3 is 5.97 Å². The summed E-state index contributed by atoms with van der Waals surface area (Å²) in [5, 5.41) is 0. The maximum absolute atomic E-state index is 11.8. The summed E-state index contributed by atoms with van der Waals surface area (Å²) in [6, 6.07) is 1.92. The van der Waals surface area contributed by atoms with Gasteiger partial charge in [-0.25, -0.2) is 4.79 Å². The van der Waals surface area contributed by atoms with Gasteiger partial charge in [-0.3, -0.25) is 0 Å². The van der Waals surface area contributed by atoms with Crippen LogP contribution in [0.15, 0.2) is 6.07 Å². The lowest BCUT2D eigenvalue weighted by atomic mass is 10.2. The lowest BCUT2D eigenvalue weighted by Gasteiger charge is -2.08. The zero-order chi connectivity index (χ0) is 12.3. The van der Waals surface area contributed by atoms with Gasteiger partial charge in [0.25, 0.3) is 0 Å². The number of hydrogen-bond acceptors (Lipinski definition) is 4. The van der Waals surface area contributed by atoms with Crippen LogP contribution in [0.3, 0.4) is 0 Å². The summed E-state index contributed by atoms with van der Waals surface area (Å²) in [6.45, 7) is 5.31. The highest BCUT2D eigenvalue weighted by Gasteiger charge is 2.19. The molecule has 2 rings (SSSR count). The van der Waals surface area contributed by atoms with Crippen molar-refractivity contribution in [2.24, 2.45) is 0 Å². The van der Waals surface area contributed by atoms with E-state index < -0.39 is 0 Å². The van der Waals surface area contributed by atoms with E-state index >= 15 is 0 Å². The normalized spacial score (nSPS) is 19.5. The molecule has 17 heavy (non-hydrogen) atoms. The lowest BCUT2D eigenvalue weighted by Crippen LogP contribution is -2.17. The second-order valence-electron chi connectivity index (χ2n) is 4.30. The van der Waals surface area contributed by atoms with Crippen LogP contribution in [0.5, 0.6) is 0 Å². The van der Waals surface area contributed by atoms with Crippen LogP contribution < -0.4 is 0 Å². The Bertz CT molecular complexity index is 391. The third-order valence-corrected chi connectivity index (χ3v) is 4.33. The Labute approximate surface area is 106 Å². The van der Waals surface area contributed by atoms with Crippen molar-refractivity contribution in [3.05, 3.63) is 21.4 Å². The van der Waals surface area contributed by atoms with E-state index in [0.717, 1.165) is 25.9 Å². The van der Waals surface area contributed by atoms with Crippen molar-refractivity contribution in [3.8, 4) is 0 Å². The molecular formula is C13H18O3S. The highest BCUT2D eigenvalue weighted by Crippen LogP contribution is 2.23. The number of thiophene rings is 1. The van der Waals surface area contributed by atoms with Gasteiger partial charge in [0.05, 0.1) is 6.10 Å². The highest BCUT2D eigenvalue weighted by atomic mass is 32.1. The molecule has 4 heteroatoms. The van der Waals surface area contributed by atoms with Gasteiger partial charge in [-0.1, -0.05) is 6.92 Å². The molecule has 1 fully saturated rings. The maximum Gasteiger partial charge on any atom is 0.348 e. The Hall–Kier alpha value is -0.870. The Morgan fingerprint density at radius 1 is 1.65 bits per heavy atom. The number of rotatable bonds is 4. The van der Waals surface area contributed by atoms with E-state index in [1.807, 2.05) is 13.0 Å². The molecule has 3 nitrogen and oxygen atoms in total. The van der Waals surface area contributed by atoms with Gasteiger partial charge < -0.3 is 9.47 Å². The van der Waals surface area contributed by atoms with E-state index in [1.165, 1.54) is 21.8 Å². The maximum atomic E-state index is 11.8. The largest absolute Gasteiger partial charge is 0.459 e. The van der Waals surface area contributed by atoms with Crippen molar-refractivity contribution in [3.63, 3.8) is 0 Å². The van der Waals surface area contributed by atoms with Gasteiger partial charge in [0, 0.05) is 11.5 Å². The van der Waals surface area contributed by atoms with Crippen LogP contribution >= 0.6 is 11.3 Å². The predicted octanol–water partition coefficient (Wildman–Crippen LogP) is 2.95. The average molecular weight is 254 g/mol. The van der Waals surface area contributed by atoms with E-state index in [9.17, 15) is 4.79 Å². The fraction of sp³-hybridized carbons (Fsp3) is 0.615. The van der Waals surface area contributed by atoms with Crippen LogP contribution in [-0.2, 0) is 15.9 Å². The van der Waals surface area contributed by atoms with E-state index in [2.05, 4.69) is 6.92 Å². The van der Waals surface area contributed by atoms with Crippen molar-refractivity contribution in [1.29, 1.82) is 0 Å². The first-order valence-corrected chi connectivity index (χ1v) is 6.90. The number of carbonyl (C=O) groups is 1. The molecule has 1 saturated heterocycles. The van der Waals surface area contributed by atoms with Gasteiger partial charge in [-0.05, 0) is 37.8 Å². The van der Waals surface area contributed by atoms with Crippen molar-refractivity contribution < 1.29 is 14.3 Å². The second kappa shape index (κ2) is 5.65. The fourth-order valence-corrected chi connectivity index (χ4v) is 2.99. The van der Waals surface area contributed by atoms with Gasteiger partial charge in [-0.15, -0.1) is 11.3 Å². The van der Waals surface area contributed by atoms with Crippen LogP contribution in [0.25, 0.3) is 0 Å². The summed E-state index contributed by atoms with van der Waals surface area (Å²) in [5.41, 5.74) is 1.18. The molecule has 1 aliphatic heterocycles. The zero-order valence-corrected chi connectivity index (χ0v) is 11.1. The number of aryl methyl sites for hydroxylation is 2. The smallest absolute Gasteiger partial charge is 0.348 e. The Balaban J connectivity index is 1.89. The average Bonchev–Trinajstić information content (AvgIpc) is 2.94. The molecular weight excluding hydrogens is 236 g/mol. The molecule has 0 radical (unpaired) electrons. The Morgan fingerprint density at radius 3 is 3.06 bits per heavy atom. The quantitative estimate of drug-likeness (QED) is 0.775. The molecule has 2 heterocycles. The van der Waals surface area contributed by atoms with Crippen LogP contribution in [0, 0.1) is 6.92 Å². The third-order valence-electron chi connectivity index (χ3n) is 2.97. The minimum atomic E-state index is -0.215. The summed E-state index contributed by atoms with van der Waals surface area (Å²) in [5.74, 6) is -0.215. The molecule has 1 unspecified atom stereocenters. The van der Waals surface area contributed by atoms with Gasteiger partial charge in [0.2, 0.25) is 0 Å². The molecule has 1 aromatic rings.